The van der Waals surface area contributed by atoms with E-state index in [2.05, 4.69) is 4.99 Å². The Hall–Kier alpha value is -0.770. The first-order chi connectivity index (χ1) is 4.77. The smallest absolute Gasteiger partial charge is 0.185 e. The number of methoxy groups -OCH3 is 1. The maximum atomic E-state index is 5.10. The molecule has 0 amide bonds. The minimum atomic E-state index is 0.164. The molecular formula is C6H15N3O. The van der Waals surface area contributed by atoms with Crippen molar-refractivity contribution in [3.05, 3.63) is 0 Å². The van der Waals surface area contributed by atoms with Gasteiger partial charge >= 0.3 is 0 Å². The third kappa shape index (κ3) is 7.23. The van der Waals surface area contributed by atoms with Gasteiger partial charge in [-0.2, -0.15) is 0 Å². The first-order valence-electron chi connectivity index (χ1n) is 3.31. The van der Waals surface area contributed by atoms with E-state index in [9.17, 15) is 0 Å². The third-order valence-electron chi connectivity index (χ3n) is 1.05. The first-order valence-corrected chi connectivity index (χ1v) is 3.31. The average molecular weight is 145 g/mol. The monoisotopic (exact) mass is 145 g/mol. The van der Waals surface area contributed by atoms with E-state index in [1.54, 1.807) is 7.11 Å². The lowest BCUT2D eigenvalue weighted by Gasteiger charge is -1.95. The highest BCUT2D eigenvalue weighted by Gasteiger charge is 1.85. The van der Waals surface area contributed by atoms with E-state index in [0.29, 0.717) is 6.54 Å². The molecule has 0 radical (unpaired) electrons. The van der Waals surface area contributed by atoms with Crippen LogP contribution < -0.4 is 11.5 Å². The van der Waals surface area contributed by atoms with Gasteiger partial charge in [-0.25, -0.2) is 0 Å². The highest BCUT2D eigenvalue weighted by atomic mass is 16.5. The lowest BCUT2D eigenvalue weighted by atomic mass is 10.3. The van der Waals surface area contributed by atoms with Crippen LogP contribution in [0.4, 0.5) is 0 Å². The zero-order chi connectivity index (χ0) is 7.82. The molecule has 4 heteroatoms. The summed E-state index contributed by atoms with van der Waals surface area (Å²) in [5.74, 6) is 0.164. The molecule has 0 aromatic carbocycles. The normalized spacial score (nSPS) is 9.30. The van der Waals surface area contributed by atoms with Crippen LogP contribution in [0.3, 0.4) is 0 Å². The maximum absolute atomic E-state index is 5.10. The second-order valence-electron chi connectivity index (χ2n) is 2.01. The zero-order valence-corrected chi connectivity index (χ0v) is 6.34. The molecule has 0 aromatic heterocycles. The number of unbranched alkanes of at least 4 members (excludes halogenated alkanes) is 1. The van der Waals surface area contributed by atoms with Crippen LogP contribution in [0.2, 0.25) is 0 Å². The Morgan fingerprint density at radius 1 is 1.40 bits per heavy atom. The van der Waals surface area contributed by atoms with Gasteiger partial charge < -0.3 is 16.2 Å². The summed E-state index contributed by atoms with van der Waals surface area (Å²) in [6.45, 7) is 1.48. The lowest BCUT2D eigenvalue weighted by Crippen LogP contribution is -2.22. The van der Waals surface area contributed by atoms with Crippen LogP contribution in [0.5, 0.6) is 0 Å². The van der Waals surface area contributed by atoms with Crippen LogP contribution in [-0.2, 0) is 4.74 Å². The number of hydrogen-bond donors (Lipinski definition) is 2. The van der Waals surface area contributed by atoms with Gasteiger partial charge in [0.15, 0.2) is 5.96 Å². The van der Waals surface area contributed by atoms with Gasteiger partial charge in [0.1, 0.15) is 0 Å². The number of rotatable bonds is 5. The van der Waals surface area contributed by atoms with Crippen molar-refractivity contribution in [2.45, 2.75) is 12.8 Å². The summed E-state index contributed by atoms with van der Waals surface area (Å²) in [4.78, 5) is 3.81. The number of ether oxygens (including phenoxy) is 1. The molecular weight excluding hydrogens is 130 g/mol. The lowest BCUT2D eigenvalue weighted by molar-refractivity contribution is 0.193. The average Bonchev–Trinajstić information content (AvgIpc) is 1.87. The first kappa shape index (κ1) is 9.23. The Bertz CT molecular complexity index is 99.2. The summed E-state index contributed by atoms with van der Waals surface area (Å²) in [7, 11) is 1.68. The molecule has 0 unspecified atom stereocenters. The fourth-order valence-corrected chi connectivity index (χ4v) is 0.566. The van der Waals surface area contributed by atoms with E-state index in [0.717, 1.165) is 19.4 Å². The SMILES string of the molecule is COCCCCN=C(N)N. The second-order valence-corrected chi connectivity index (χ2v) is 2.01. The van der Waals surface area contributed by atoms with Crippen LogP contribution in [0.1, 0.15) is 12.8 Å². The number of aliphatic imine (C=N–C) groups is 1. The molecule has 0 atom stereocenters. The number of hydrogen-bond acceptors (Lipinski definition) is 2. The molecule has 60 valence electrons. The van der Waals surface area contributed by atoms with Crippen molar-refractivity contribution < 1.29 is 4.74 Å². The van der Waals surface area contributed by atoms with Gasteiger partial charge in [0, 0.05) is 20.3 Å². The Morgan fingerprint density at radius 3 is 2.60 bits per heavy atom. The third-order valence-corrected chi connectivity index (χ3v) is 1.05. The molecule has 0 bridgehead atoms. The predicted octanol–water partition coefficient (Wildman–Crippen LogP) is -0.314. The van der Waals surface area contributed by atoms with E-state index < -0.39 is 0 Å². The van der Waals surface area contributed by atoms with Gasteiger partial charge in [0.05, 0.1) is 0 Å². The van der Waals surface area contributed by atoms with Crippen molar-refractivity contribution in [1.29, 1.82) is 0 Å². The Kier molecular flexibility index (Phi) is 5.86. The zero-order valence-electron chi connectivity index (χ0n) is 6.34. The van der Waals surface area contributed by atoms with E-state index in [4.69, 9.17) is 16.2 Å². The van der Waals surface area contributed by atoms with E-state index in [-0.39, 0.29) is 5.96 Å². The Balaban J connectivity index is 2.98. The fourth-order valence-electron chi connectivity index (χ4n) is 0.566. The van der Waals surface area contributed by atoms with Crippen molar-refractivity contribution in [2.24, 2.45) is 16.5 Å². The summed E-state index contributed by atoms with van der Waals surface area (Å²) in [6.07, 6.45) is 1.99. The number of guanidine groups is 1. The van der Waals surface area contributed by atoms with Gasteiger partial charge in [0.25, 0.3) is 0 Å². The van der Waals surface area contributed by atoms with Gasteiger partial charge in [-0.15, -0.1) is 0 Å². The van der Waals surface area contributed by atoms with Crippen LogP contribution in [0.25, 0.3) is 0 Å². The Labute approximate surface area is 61.3 Å². The molecule has 0 saturated heterocycles. The summed E-state index contributed by atoms with van der Waals surface area (Å²) in [5, 5.41) is 0. The number of nitrogens with two attached hydrogens (primary N) is 2. The predicted molar refractivity (Wildman–Crippen MR) is 41.8 cm³/mol. The summed E-state index contributed by atoms with van der Waals surface area (Å²) in [6, 6.07) is 0. The molecule has 0 aliphatic carbocycles. The molecule has 0 aliphatic heterocycles. The van der Waals surface area contributed by atoms with Crippen LogP contribution in [-0.4, -0.2) is 26.2 Å². The van der Waals surface area contributed by atoms with Crippen molar-refractivity contribution in [1.82, 2.24) is 0 Å². The van der Waals surface area contributed by atoms with E-state index in [1.165, 1.54) is 0 Å². The minimum absolute atomic E-state index is 0.164. The molecule has 0 spiro atoms. The summed E-state index contributed by atoms with van der Waals surface area (Å²) in [5.41, 5.74) is 10.2. The maximum Gasteiger partial charge on any atom is 0.185 e. The molecule has 4 nitrogen and oxygen atoms in total. The summed E-state index contributed by atoms with van der Waals surface area (Å²) >= 11 is 0. The molecule has 4 N–H and O–H groups in total. The van der Waals surface area contributed by atoms with Crippen LogP contribution >= 0.6 is 0 Å². The van der Waals surface area contributed by atoms with E-state index in [1.807, 2.05) is 0 Å². The largest absolute Gasteiger partial charge is 0.385 e. The van der Waals surface area contributed by atoms with E-state index >= 15 is 0 Å². The van der Waals surface area contributed by atoms with Crippen molar-refractivity contribution in [2.75, 3.05) is 20.3 Å². The summed E-state index contributed by atoms with van der Waals surface area (Å²) < 4.78 is 4.84. The van der Waals surface area contributed by atoms with Crippen LogP contribution in [0, 0.1) is 0 Å². The Morgan fingerprint density at radius 2 is 2.10 bits per heavy atom. The standard InChI is InChI=1S/C6H15N3O/c1-10-5-3-2-4-9-6(7)8/h2-5H2,1H3,(H4,7,8,9). The van der Waals surface area contributed by atoms with Gasteiger partial charge in [-0.05, 0) is 12.8 Å². The van der Waals surface area contributed by atoms with Crippen LogP contribution in [0.15, 0.2) is 4.99 Å². The highest BCUT2D eigenvalue weighted by molar-refractivity contribution is 5.75. The highest BCUT2D eigenvalue weighted by Crippen LogP contribution is 1.88. The van der Waals surface area contributed by atoms with Crippen molar-refractivity contribution in [3.63, 3.8) is 0 Å². The second kappa shape index (κ2) is 6.35. The topological polar surface area (TPSA) is 73.6 Å². The van der Waals surface area contributed by atoms with Gasteiger partial charge in [0.2, 0.25) is 0 Å². The molecule has 0 aromatic rings. The quantitative estimate of drug-likeness (QED) is 0.316. The molecule has 0 rings (SSSR count). The van der Waals surface area contributed by atoms with Gasteiger partial charge in [-0.1, -0.05) is 0 Å². The fraction of sp³-hybridized carbons (Fsp3) is 0.833. The molecule has 0 heterocycles. The molecule has 10 heavy (non-hydrogen) atoms. The van der Waals surface area contributed by atoms with Gasteiger partial charge in [-0.3, -0.25) is 4.99 Å². The molecule has 0 fully saturated rings. The minimum Gasteiger partial charge on any atom is -0.385 e. The molecule has 0 saturated carbocycles. The van der Waals surface area contributed by atoms with Crippen molar-refractivity contribution in [3.8, 4) is 0 Å². The molecule has 0 aliphatic rings. The number of nitrogens with zero attached hydrogens (tertiary/aromatic N) is 1. The van der Waals surface area contributed by atoms with Crippen molar-refractivity contribution >= 4 is 5.96 Å².